The minimum absolute atomic E-state index is 0.322. The van der Waals surface area contributed by atoms with Crippen molar-refractivity contribution < 1.29 is 9.47 Å². The van der Waals surface area contributed by atoms with Gasteiger partial charge in [-0.15, -0.1) is 0 Å². The van der Waals surface area contributed by atoms with E-state index in [9.17, 15) is 0 Å². The van der Waals surface area contributed by atoms with Crippen LogP contribution in [-0.2, 0) is 11.2 Å². The molecule has 1 heterocycles. The highest BCUT2D eigenvalue weighted by molar-refractivity contribution is 5.28. The fraction of sp³-hybridized carbons (Fsp3) is 0.636. The predicted octanol–water partition coefficient (Wildman–Crippen LogP) is 6.09. The number of benzene rings is 1. The lowest BCUT2D eigenvalue weighted by atomic mass is 10.1. The van der Waals surface area contributed by atoms with E-state index < -0.39 is 0 Å². The van der Waals surface area contributed by atoms with Gasteiger partial charge in [0.05, 0.1) is 6.61 Å². The van der Waals surface area contributed by atoms with Crippen molar-refractivity contribution in [2.45, 2.75) is 77.2 Å². The zero-order chi connectivity index (χ0) is 16.9. The van der Waals surface area contributed by atoms with Crippen molar-refractivity contribution in [1.29, 1.82) is 0 Å². The third kappa shape index (κ3) is 9.12. The van der Waals surface area contributed by atoms with Crippen LogP contribution in [0, 0.1) is 0 Å². The number of hydrogen-bond donors (Lipinski definition) is 0. The normalized spacial score (nSPS) is 16.6. The molecule has 0 amide bonds. The second-order valence-corrected chi connectivity index (χ2v) is 6.83. The van der Waals surface area contributed by atoms with E-state index in [1.807, 2.05) is 6.07 Å². The van der Waals surface area contributed by atoms with Gasteiger partial charge in [0.1, 0.15) is 18.5 Å². The summed E-state index contributed by atoms with van der Waals surface area (Å²) >= 11 is 0. The molecular weight excluding hydrogens is 296 g/mol. The van der Waals surface area contributed by atoms with Gasteiger partial charge in [-0.3, -0.25) is 0 Å². The molecule has 1 atom stereocenters. The molecule has 0 aromatic heterocycles. The summed E-state index contributed by atoms with van der Waals surface area (Å²) < 4.78 is 10.9. The van der Waals surface area contributed by atoms with Crippen LogP contribution in [0.3, 0.4) is 0 Å². The first kappa shape index (κ1) is 19.1. The van der Waals surface area contributed by atoms with E-state index in [1.54, 1.807) is 0 Å². The number of aryl methyl sites for hydroxylation is 1. The summed E-state index contributed by atoms with van der Waals surface area (Å²) in [6.45, 7) is 3.81. The first-order valence-electron chi connectivity index (χ1n) is 9.87. The van der Waals surface area contributed by atoms with Crippen LogP contribution in [0.5, 0.6) is 5.75 Å². The van der Waals surface area contributed by atoms with E-state index in [-0.39, 0.29) is 0 Å². The first-order chi connectivity index (χ1) is 11.9. The zero-order valence-electron chi connectivity index (χ0n) is 15.3. The average Bonchev–Trinajstić information content (AvgIpc) is 3.43. The number of ether oxygens (including phenoxy) is 2. The van der Waals surface area contributed by atoms with E-state index in [2.05, 4.69) is 37.3 Å². The Bertz CT molecular complexity index is 463. The highest BCUT2D eigenvalue weighted by Crippen LogP contribution is 2.17. The molecule has 0 spiro atoms. The van der Waals surface area contributed by atoms with Gasteiger partial charge in [0.15, 0.2) is 0 Å². The second-order valence-electron chi connectivity index (χ2n) is 6.83. The molecular formula is C22H34O2. The quantitative estimate of drug-likeness (QED) is 0.234. The van der Waals surface area contributed by atoms with Crippen LogP contribution < -0.4 is 4.74 Å². The molecule has 134 valence electrons. The van der Waals surface area contributed by atoms with Gasteiger partial charge in [-0.1, -0.05) is 69.7 Å². The summed E-state index contributed by atoms with van der Waals surface area (Å²) in [5.74, 6) is 0.968. The third-order valence-electron chi connectivity index (χ3n) is 4.48. The molecule has 1 aromatic rings. The van der Waals surface area contributed by atoms with Crippen molar-refractivity contribution in [3.63, 3.8) is 0 Å². The Morgan fingerprint density at radius 3 is 2.58 bits per heavy atom. The topological polar surface area (TPSA) is 21.8 Å². The van der Waals surface area contributed by atoms with Crippen LogP contribution in [0.2, 0.25) is 0 Å². The fourth-order valence-electron chi connectivity index (χ4n) is 2.85. The molecule has 2 nitrogen and oxygen atoms in total. The molecule has 24 heavy (non-hydrogen) atoms. The van der Waals surface area contributed by atoms with Crippen LogP contribution in [0.4, 0.5) is 0 Å². The Morgan fingerprint density at radius 1 is 1.04 bits per heavy atom. The maximum atomic E-state index is 5.73. The molecule has 1 unspecified atom stereocenters. The monoisotopic (exact) mass is 330 g/mol. The van der Waals surface area contributed by atoms with Crippen LogP contribution in [0.1, 0.15) is 70.3 Å². The van der Waals surface area contributed by atoms with E-state index >= 15 is 0 Å². The Kier molecular flexibility index (Phi) is 9.63. The molecule has 1 aliphatic rings. The molecule has 2 heteroatoms. The summed E-state index contributed by atoms with van der Waals surface area (Å²) in [5, 5.41) is 0. The highest BCUT2D eigenvalue weighted by atomic mass is 16.6. The fourth-order valence-corrected chi connectivity index (χ4v) is 2.85. The highest BCUT2D eigenvalue weighted by Gasteiger charge is 2.22. The van der Waals surface area contributed by atoms with Crippen LogP contribution in [0.25, 0.3) is 0 Å². The van der Waals surface area contributed by atoms with Crippen LogP contribution in [-0.4, -0.2) is 19.3 Å². The van der Waals surface area contributed by atoms with Crippen molar-refractivity contribution in [1.82, 2.24) is 0 Å². The number of epoxide rings is 1. The molecule has 1 aromatic carbocycles. The molecule has 0 N–H and O–H groups in total. The Morgan fingerprint density at radius 2 is 1.79 bits per heavy atom. The van der Waals surface area contributed by atoms with E-state index in [1.165, 1.54) is 56.9 Å². The average molecular weight is 331 g/mol. The molecule has 0 aliphatic carbocycles. The molecule has 0 radical (unpaired) electrons. The number of allylic oxidation sites excluding steroid dienone is 2. The maximum absolute atomic E-state index is 5.73. The van der Waals surface area contributed by atoms with E-state index in [0.717, 1.165) is 25.2 Å². The summed E-state index contributed by atoms with van der Waals surface area (Å²) in [4.78, 5) is 0. The second kappa shape index (κ2) is 12.1. The summed E-state index contributed by atoms with van der Waals surface area (Å²) in [7, 11) is 0. The van der Waals surface area contributed by atoms with E-state index in [4.69, 9.17) is 9.47 Å². The molecule has 2 rings (SSSR count). The van der Waals surface area contributed by atoms with Gasteiger partial charge < -0.3 is 9.47 Å². The van der Waals surface area contributed by atoms with Gasteiger partial charge >= 0.3 is 0 Å². The van der Waals surface area contributed by atoms with Crippen molar-refractivity contribution in [3.8, 4) is 5.75 Å². The Hall–Kier alpha value is -1.28. The molecule has 1 saturated heterocycles. The zero-order valence-corrected chi connectivity index (χ0v) is 15.3. The van der Waals surface area contributed by atoms with Gasteiger partial charge in [0.25, 0.3) is 0 Å². The van der Waals surface area contributed by atoms with E-state index in [0.29, 0.717) is 12.7 Å². The SMILES string of the molecule is CCCCCCCCC/C=C/CCc1cccc(OCC2CO2)c1. The lowest BCUT2D eigenvalue weighted by Crippen LogP contribution is -2.04. The first-order valence-corrected chi connectivity index (χ1v) is 9.87. The van der Waals surface area contributed by atoms with Gasteiger partial charge in [-0.2, -0.15) is 0 Å². The maximum Gasteiger partial charge on any atom is 0.119 e. The summed E-state index contributed by atoms with van der Waals surface area (Å²) in [6, 6.07) is 8.46. The Balaban J connectivity index is 1.49. The third-order valence-corrected chi connectivity index (χ3v) is 4.48. The van der Waals surface area contributed by atoms with Gasteiger partial charge in [0, 0.05) is 0 Å². The molecule has 1 fully saturated rings. The summed E-state index contributed by atoms with van der Waals surface area (Å²) in [5.41, 5.74) is 1.35. The largest absolute Gasteiger partial charge is 0.491 e. The smallest absolute Gasteiger partial charge is 0.119 e. The standard InChI is InChI=1S/C22H34O2/c1-2-3-4-5-6-7-8-9-10-11-12-14-20-15-13-16-21(17-20)23-18-22-19-24-22/h10-11,13,15-17,22H,2-9,12,14,18-19H2,1H3/b11-10+. The van der Waals surface area contributed by atoms with Crippen LogP contribution >= 0.6 is 0 Å². The van der Waals surface area contributed by atoms with Crippen molar-refractivity contribution in [2.75, 3.05) is 13.2 Å². The predicted molar refractivity (Wildman–Crippen MR) is 102 cm³/mol. The minimum atomic E-state index is 0.322. The lowest BCUT2D eigenvalue weighted by Gasteiger charge is -2.06. The molecule has 1 aliphatic heterocycles. The number of rotatable bonds is 14. The van der Waals surface area contributed by atoms with Gasteiger partial charge in [-0.05, 0) is 43.4 Å². The summed E-state index contributed by atoms with van der Waals surface area (Å²) in [6.07, 6.45) is 18.2. The number of hydrogen-bond acceptors (Lipinski definition) is 2. The molecule has 0 saturated carbocycles. The van der Waals surface area contributed by atoms with Crippen molar-refractivity contribution in [3.05, 3.63) is 42.0 Å². The van der Waals surface area contributed by atoms with Crippen LogP contribution in [0.15, 0.2) is 36.4 Å². The van der Waals surface area contributed by atoms with Gasteiger partial charge in [0.2, 0.25) is 0 Å². The van der Waals surface area contributed by atoms with Crippen molar-refractivity contribution in [2.24, 2.45) is 0 Å². The van der Waals surface area contributed by atoms with Gasteiger partial charge in [-0.25, -0.2) is 0 Å². The number of unbranched alkanes of at least 4 members (excludes halogenated alkanes) is 7. The van der Waals surface area contributed by atoms with Crippen molar-refractivity contribution >= 4 is 0 Å². The molecule has 0 bridgehead atoms. The lowest BCUT2D eigenvalue weighted by molar-refractivity contribution is 0.263. The Labute approximate surface area is 148 Å². The minimum Gasteiger partial charge on any atom is -0.491 e.